The van der Waals surface area contributed by atoms with Crippen molar-refractivity contribution < 1.29 is 14.4 Å². The monoisotopic (exact) mass is 580 g/mol. The summed E-state index contributed by atoms with van der Waals surface area (Å²) in [6.45, 7) is 2.65. The molecule has 0 radical (unpaired) electrons. The summed E-state index contributed by atoms with van der Waals surface area (Å²) < 4.78 is 0. The van der Waals surface area contributed by atoms with Crippen LogP contribution in [-0.2, 0) is 33.8 Å². The van der Waals surface area contributed by atoms with Crippen molar-refractivity contribution in [3.63, 3.8) is 0 Å². The van der Waals surface area contributed by atoms with Gasteiger partial charge in [-0.05, 0) is 74.8 Å². The lowest BCUT2D eigenvalue weighted by molar-refractivity contribution is -0.126. The van der Waals surface area contributed by atoms with Crippen molar-refractivity contribution in [2.45, 2.75) is 38.6 Å². The molecule has 9 nitrogen and oxygen atoms in total. The van der Waals surface area contributed by atoms with Crippen LogP contribution in [-0.4, -0.2) is 59.5 Å². The fourth-order valence-electron chi connectivity index (χ4n) is 5.05. The molecular weight excluding hydrogens is 548 g/mol. The lowest BCUT2D eigenvalue weighted by Gasteiger charge is -2.28. The van der Waals surface area contributed by atoms with E-state index in [9.17, 15) is 14.4 Å². The van der Waals surface area contributed by atoms with Gasteiger partial charge in [-0.15, -0.1) is 10.2 Å². The summed E-state index contributed by atoms with van der Waals surface area (Å²) in [5.41, 5.74) is 2.86. The molecule has 2 aliphatic heterocycles. The molecule has 2 fully saturated rings. The van der Waals surface area contributed by atoms with Gasteiger partial charge in [-0.2, -0.15) is 0 Å². The van der Waals surface area contributed by atoms with Crippen LogP contribution in [0.4, 0.5) is 10.8 Å². The first-order valence-corrected chi connectivity index (χ1v) is 14.8. The predicted molar refractivity (Wildman–Crippen MR) is 156 cm³/mol. The van der Waals surface area contributed by atoms with E-state index < -0.39 is 5.92 Å². The highest BCUT2D eigenvalue weighted by molar-refractivity contribution is 7.15. The van der Waals surface area contributed by atoms with Gasteiger partial charge in [0.05, 0.1) is 5.92 Å². The first-order chi connectivity index (χ1) is 19.3. The molecule has 5 rings (SSSR count). The summed E-state index contributed by atoms with van der Waals surface area (Å²) >= 11 is 7.29. The largest absolute Gasteiger partial charge is 0.352 e. The number of halogens is 1. The maximum absolute atomic E-state index is 12.9. The number of likely N-dealkylation sites (tertiary alicyclic amines) is 1. The molecule has 2 aromatic carbocycles. The minimum absolute atomic E-state index is 0.0712. The topological polar surface area (TPSA) is 108 Å². The van der Waals surface area contributed by atoms with Gasteiger partial charge >= 0.3 is 0 Å². The molecule has 0 bridgehead atoms. The first-order valence-electron chi connectivity index (χ1n) is 13.6. The highest BCUT2D eigenvalue weighted by Gasteiger charge is 2.35. The number of nitrogens with zero attached hydrogens (tertiary/aromatic N) is 4. The lowest BCUT2D eigenvalue weighted by Crippen LogP contribution is -2.38. The van der Waals surface area contributed by atoms with E-state index in [1.807, 2.05) is 48.5 Å². The zero-order chi connectivity index (χ0) is 28.1. The first kappa shape index (κ1) is 28.2. The molecule has 0 spiro atoms. The molecule has 3 aromatic rings. The maximum atomic E-state index is 12.9. The normalized spacial score (nSPS) is 18.2. The van der Waals surface area contributed by atoms with Gasteiger partial charge in [-0.1, -0.05) is 47.2 Å². The van der Waals surface area contributed by atoms with Gasteiger partial charge < -0.3 is 20.4 Å². The second-order valence-electron chi connectivity index (χ2n) is 10.5. The van der Waals surface area contributed by atoms with Crippen LogP contribution in [0, 0.1) is 11.8 Å². The third kappa shape index (κ3) is 7.24. The van der Waals surface area contributed by atoms with Crippen molar-refractivity contribution in [1.82, 2.24) is 20.4 Å². The molecule has 2 saturated heterocycles. The number of hydrogen-bond donors (Lipinski definition) is 2. The van der Waals surface area contributed by atoms with Gasteiger partial charge in [0.15, 0.2) is 0 Å². The SMILES string of the molecule is CN1CCC(C(=O)NCc2ccc(N3CC(C(=O)Nc4nnc(CCc5ccc(Cl)cc5)s4)CC3=O)cc2)CC1. The Morgan fingerprint density at radius 1 is 0.950 bits per heavy atom. The molecule has 1 aromatic heterocycles. The molecule has 0 saturated carbocycles. The fraction of sp³-hybridized carbons (Fsp3) is 0.414. The molecule has 210 valence electrons. The average Bonchev–Trinajstić information content (AvgIpc) is 3.58. The fourth-order valence-corrected chi connectivity index (χ4v) is 5.91. The Morgan fingerprint density at radius 3 is 2.38 bits per heavy atom. The third-order valence-electron chi connectivity index (χ3n) is 7.54. The number of nitrogens with one attached hydrogen (secondary N) is 2. The van der Waals surface area contributed by atoms with Crippen LogP contribution >= 0.6 is 22.9 Å². The van der Waals surface area contributed by atoms with Gasteiger partial charge in [-0.25, -0.2) is 0 Å². The van der Waals surface area contributed by atoms with Crippen LogP contribution in [0.15, 0.2) is 48.5 Å². The highest BCUT2D eigenvalue weighted by Crippen LogP contribution is 2.27. The van der Waals surface area contributed by atoms with Crippen molar-refractivity contribution in [3.05, 3.63) is 69.7 Å². The second kappa shape index (κ2) is 12.9. The van der Waals surface area contributed by atoms with Crippen LogP contribution in [0.1, 0.15) is 35.4 Å². The average molecular weight is 581 g/mol. The summed E-state index contributed by atoms with van der Waals surface area (Å²) in [4.78, 5) is 42.0. The van der Waals surface area contributed by atoms with Gasteiger partial charge in [0.1, 0.15) is 5.01 Å². The molecule has 11 heteroatoms. The van der Waals surface area contributed by atoms with Gasteiger partial charge in [-0.3, -0.25) is 14.4 Å². The smallest absolute Gasteiger partial charge is 0.231 e. The summed E-state index contributed by atoms with van der Waals surface area (Å²) in [5.74, 6) is -0.622. The lowest BCUT2D eigenvalue weighted by atomic mass is 9.96. The third-order valence-corrected chi connectivity index (χ3v) is 8.69. The van der Waals surface area contributed by atoms with E-state index in [0.717, 1.165) is 54.2 Å². The van der Waals surface area contributed by atoms with E-state index in [1.165, 1.54) is 11.3 Å². The van der Waals surface area contributed by atoms with Crippen LogP contribution < -0.4 is 15.5 Å². The van der Waals surface area contributed by atoms with Crippen LogP contribution in [0.3, 0.4) is 0 Å². The molecule has 3 amide bonds. The van der Waals surface area contributed by atoms with Crippen molar-refractivity contribution in [2.24, 2.45) is 11.8 Å². The minimum atomic E-state index is -0.470. The van der Waals surface area contributed by atoms with Crippen molar-refractivity contribution in [3.8, 4) is 0 Å². The number of aromatic nitrogens is 2. The molecule has 1 atom stereocenters. The molecule has 1 unspecified atom stereocenters. The highest BCUT2D eigenvalue weighted by atomic mass is 35.5. The van der Waals surface area contributed by atoms with Crippen LogP contribution in [0.25, 0.3) is 0 Å². The van der Waals surface area contributed by atoms with E-state index in [0.29, 0.717) is 29.7 Å². The zero-order valence-corrected chi connectivity index (χ0v) is 24.0. The second-order valence-corrected chi connectivity index (χ2v) is 12.0. The van der Waals surface area contributed by atoms with Crippen molar-refractivity contribution in [2.75, 3.05) is 36.9 Å². The number of anilines is 2. The van der Waals surface area contributed by atoms with E-state index >= 15 is 0 Å². The number of aryl methyl sites for hydroxylation is 2. The number of benzene rings is 2. The molecule has 2 aliphatic rings. The Bertz CT molecular complexity index is 1340. The van der Waals surface area contributed by atoms with E-state index in [1.54, 1.807) is 4.90 Å². The number of carbonyl (C=O) groups is 3. The van der Waals surface area contributed by atoms with Gasteiger partial charge in [0, 0.05) is 42.6 Å². The van der Waals surface area contributed by atoms with Crippen molar-refractivity contribution >= 4 is 51.5 Å². The Balaban J connectivity index is 1.09. The standard InChI is InChI=1S/C29H33ClN6O3S/c1-35-14-12-21(13-15-35)27(38)31-17-20-4-9-24(10-5-20)36-18-22(16-26(36)37)28(39)32-29-34-33-25(40-29)11-6-19-2-7-23(30)8-3-19/h2-5,7-10,21-22H,6,11-18H2,1H3,(H,31,38)(H,32,34,39). The Hall–Kier alpha value is -3.34. The number of amides is 3. The Kier molecular flexibility index (Phi) is 9.08. The quantitative estimate of drug-likeness (QED) is 0.397. The molecule has 0 aliphatic carbocycles. The Labute approximate surface area is 242 Å². The molecular formula is C29H33ClN6O3S. The summed E-state index contributed by atoms with van der Waals surface area (Å²) in [6, 6.07) is 15.3. The Morgan fingerprint density at radius 2 is 1.65 bits per heavy atom. The van der Waals surface area contributed by atoms with E-state index in [4.69, 9.17) is 11.6 Å². The number of hydrogen-bond acceptors (Lipinski definition) is 7. The zero-order valence-electron chi connectivity index (χ0n) is 22.4. The number of rotatable bonds is 9. The van der Waals surface area contributed by atoms with Gasteiger partial charge in [0.2, 0.25) is 22.9 Å². The maximum Gasteiger partial charge on any atom is 0.231 e. The van der Waals surface area contributed by atoms with E-state index in [2.05, 4.69) is 32.8 Å². The molecule has 3 heterocycles. The van der Waals surface area contributed by atoms with Crippen molar-refractivity contribution in [1.29, 1.82) is 0 Å². The van der Waals surface area contributed by atoms with E-state index in [-0.39, 0.29) is 30.1 Å². The van der Waals surface area contributed by atoms with Crippen LogP contribution in [0.2, 0.25) is 5.02 Å². The van der Waals surface area contributed by atoms with Gasteiger partial charge in [0.25, 0.3) is 0 Å². The minimum Gasteiger partial charge on any atom is -0.352 e. The van der Waals surface area contributed by atoms with Crippen LogP contribution in [0.5, 0.6) is 0 Å². The molecule has 2 N–H and O–H groups in total. The number of carbonyl (C=O) groups excluding carboxylic acids is 3. The summed E-state index contributed by atoms with van der Waals surface area (Å²) in [5, 5.41) is 16.1. The predicted octanol–water partition coefficient (Wildman–Crippen LogP) is 3.93. The summed E-state index contributed by atoms with van der Waals surface area (Å²) in [6.07, 6.45) is 3.43. The molecule has 40 heavy (non-hydrogen) atoms. The number of piperidine rings is 1. The summed E-state index contributed by atoms with van der Waals surface area (Å²) in [7, 11) is 2.08.